The molecule has 1 aromatic heterocycles. The Bertz CT molecular complexity index is 1370. The second-order valence-electron chi connectivity index (χ2n) is 6.94. The monoisotopic (exact) mass is 443 g/mol. The molecule has 0 unspecified atom stereocenters. The van der Waals surface area contributed by atoms with Gasteiger partial charge in [-0.05, 0) is 29.5 Å². The van der Waals surface area contributed by atoms with Crippen molar-refractivity contribution in [3.05, 3.63) is 45.5 Å². The number of methoxy groups -OCH3 is 2. The van der Waals surface area contributed by atoms with E-state index >= 15 is 4.39 Å². The molecular weight excluding hydrogens is 405 g/mol. The standard InChI is InChI=1S/C23H28FNO6/c1-23(2,3)18-10-13-9-17(31-8-6-7-29-4)16(30-5)11-14(13)20-19(24)21(26)15(22(27)28)12-25(18)20/h9,11-12,18H,6-8,10H2,1-5H3,(H,27,28)/t18-/m0/s1/i1D3,2D3,3D3,18D. The summed E-state index contributed by atoms with van der Waals surface area (Å²) >= 11 is 0. The predicted octanol–water partition coefficient (Wildman–Crippen LogP) is 3.92. The highest BCUT2D eigenvalue weighted by Crippen LogP contribution is 2.46. The summed E-state index contributed by atoms with van der Waals surface area (Å²) in [6, 6.07) is -0.916. The van der Waals surface area contributed by atoms with E-state index in [1.807, 2.05) is 0 Å². The summed E-state index contributed by atoms with van der Waals surface area (Å²) in [4.78, 5) is 24.6. The smallest absolute Gasteiger partial charge is 0.341 e. The summed E-state index contributed by atoms with van der Waals surface area (Å²) in [5.74, 6) is -3.69. The number of halogens is 1. The van der Waals surface area contributed by atoms with Crippen molar-refractivity contribution >= 4 is 5.97 Å². The van der Waals surface area contributed by atoms with Crippen molar-refractivity contribution in [3.8, 4) is 22.8 Å². The SMILES string of the molecule is [2H]C([2H])([2H])C(C([2H])([2H])[2H])(C([2H])([2H])[2H])[C@]1([2H])Cc2cc(OCCCOC)c(OC)cc2-c2c(F)c(=O)c(C(=O)O)cn21. The maximum absolute atomic E-state index is 15.8. The van der Waals surface area contributed by atoms with Crippen molar-refractivity contribution in [2.45, 2.75) is 39.4 Å². The average Bonchev–Trinajstić information content (AvgIpc) is 2.80. The molecule has 1 N–H and O–H groups in total. The molecule has 3 rings (SSSR count). The topological polar surface area (TPSA) is 87.0 Å². The zero-order valence-electron chi connectivity index (χ0n) is 26.9. The summed E-state index contributed by atoms with van der Waals surface area (Å²) in [5, 5.41) is 9.56. The van der Waals surface area contributed by atoms with Gasteiger partial charge in [-0.25, -0.2) is 9.18 Å². The maximum Gasteiger partial charge on any atom is 0.341 e. The first-order valence-corrected chi connectivity index (χ1v) is 9.23. The van der Waals surface area contributed by atoms with Crippen molar-refractivity contribution in [2.24, 2.45) is 5.41 Å². The van der Waals surface area contributed by atoms with Gasteiger partial charge in [-0.1, -0.05) is 20.6 Å². The number of carboxylic acid groups (broad SMARTS) is 1. The van der Waals surface area contributed by atoms with Crippen molar-refractivity contribution < 1.29 is 42.2 Å². The van der Waals surface area contributed by atoms with Gasteiger partial charge in [0.25, 0.3) is 0 Å². The summed E-state index contributed by atoms with van der Waals surface area (Å²) in [5.41, 5.74) is -8.00. The zero-order chi connectivity index (χ0) is 31.3. The normalized spacial score (nSPS) is 23.6. The Morgan fingerprint density at radius 1 is 1.32 bits per heavy atom. The third kappa shape index (κ3) is 4.30. The zero-order valence-corrected chi connectivity index (χ0v) is 16.9. The lowest BCUT2D eigenvalue weighted by Gasteiger charge is -2.39. The summed E-state index contributed by atoms with van der Waals surface area (Å²) < 4.78 is 115. The molecule has 0 spiro atoms. The molecule has 0 fully saturated rings. The van der Waals surface area contributed by atoms with Crippen LogP contribution in [0.4, 0.5) is 4.39 Å². The molecule has 1 aliphatic rings. The van der Waals surface area contributed by atoms with Crippen LogP contribution in [-0.2, 0) is 11.2 Å². The number of aromatic carboxylic acids is 1. The Balaban J connectivity index is 2.55. The number of hydrogen-bond acceptors (Lipinski definition) is 5. The lowest BCUT2D eigenvalue weighted by molar-refractivity contribution is 0.0692. The Hall–Kier alpha value is -2.87. The molecule has 0 saturated carbocycles. The molecule has 31 heavy (non-hydrogen) atoms. The first-order chi connectivity index (χ1) is 18.7. The lowest BCUT2D eigenvalue weighted by Crippen LogP contribution is -2.34. The highest BCUT2D eigenvalue weighted by Gasteiger charge is 2.36. The molecule has 0 saturated heterocycles. The third-order valence-corrected chi connectivity index (χ3v) is 4.86. The van der Waals surface area contributed by atoms with Crippen LogP contribution >= 0.6 is 0 Å². The minimum Gasteiger partial charge on any atom is -0.493 e. The molecule has 168 valence electrons. The number of benzene rings is 1. The van der Waals surface area contributed by atoms with Crippen LogP contribution in [0.25, 0.3) is 11.3 Å². The van der Waals surface area contributed by atoms with Crippen LogP contribution in [0.2, 0.25) is 0 Å². The molecular formula is C23H28FNO6. The van der Waals surface area contributed by atoms with Crippen LogP contribution in [0.1, 0.15) is 62.6 Å². The molecule has 0 aliphatic carbocycles. The van der Waals surface area contributed by atoms with E-state index in [0.29, 0.717) is 23.8 Å². The summed E-state index contributed by atoms with van der Waals surface area (Å²) in [6.07, 6.45) is -0.132. The van der Waals surface area contributed by atoms with Crippen molar-refractivity contribution in [1.82, 2.24) is 4.57 Å². The Morgan fingerprint density at radius 2 is 2.06 bits per heavy atom. The Labute approximate surface area is 194 Å². The molecule has 1 atom stereocenters. The van der Waals surface area contributed by atoms with Crippen LogP contribution in [0.5, 0.6) is 11.5 Å². The molecule has 0 bridgehead atoms. The molecule has 2 heterocycles. The van der Waals surface area contributed by atoms with Gasteiger partial charge in [0, 0.05) is 50.3 Å². The minimum atomic E-state index is -3.92. The summed E-state index contributed by atoms with van der Waals surface area (Å²) in [6.45, 7) is -11.3. The van der Waals surface area contributed by atoms with E-state index in [9.17, 15) is 16.1 Å². The van der Waals surface area contributed by atoms with Gasteiger partial charge in [0.05, 0.1) is 20.8 Å². The number of rotatable bonds is 7. The van der Waals surface area contributed by atoms with Crippen molar-refractivity contribution in [1.29, 1.82) is 0 Å². The van der Waals surface area contributed by atoms with Gasteiger partial charge >= 0.3 is 5.97 Å². The van der Waals surface area contributed by atoms with Crippen LogP contribution < -0.4 is 14.9 Å². The van der Waals surface area contributed by atoms with Crippen LogP contribution in [-0.4, -0.2) is 43.1 Å². The molecule has 7 nitrogen and oxygen atoms in total. The van der Waals surface area contributed by atoms with Crippen molar-refractivity contribution in [3.63, 3.8) is 0 Å². The van der Waals surface area contributed by atoms with E-state index in [4.69, 9.17) is 26.5 Å². The molecule has 0 amide bonds. The van der Waals surface area contributed by atoms with E-state index < -0.39 is 66.9 Å². The quantitative estimate of drug-likeness (QED) is 0.653. The van der Waals surface area contributed by atoms with Crippen LogP contribution in [0.15, 0.2) is 23.1 Å². The van der Waals surface area contributed by atoms with E-state index in [-0.39, 0.29) is 29.2 Å². The molecule has 1 aliphatic heterocycles. The van der Waals surface area contributed by atoms with E-state index in [1.165, 1.54) is 26.4 Å². The fourth-order valence-corrected chi connectivity index (χ4v) is 3.40. The molecule has 0 radical (unpaired) electrons. The van der Waals surface area contributed by atoms with E-state index in [2.05, 4.69) is 0 Å². The second-order valence-corrected chi connectivity index (χ2v) is 6.94. The summed E-state index contributed by atoms with van der Waals surface area (Å²) in [7, 11) is 2.73. The number of carbonyl (C=O) groups is 1. The number of hydrogen-bond donors (Lipinski definition) is 1. The van der Waals surface area contributed by atoms with Crippen LogP contribution in [0.3, 0.4) is 0 Å². The molecule has 8 heteroatoms. The average molecular weight is 444 g/mol. The van der Waals surface area contributed by atoms with Gasteiger partial charge in [0.1, 0.15) is 5.56 Å². The minimum absolute atomic E-state index is 0.00749. The Kier molecular flexibility index (Phi) is 3.61. The lowest BCUT2D eigenvalue weighted by atomic mass is 9.78. The van der Waals surface area contributed by atoms with Gasteiger partial charge in [-0.2, -0.15) is 0 Å². The Morgan fingerprint density at radius 3 is 2.68 bits per heavy atom. The fraction of sp³-hybridized carbons (Fsp3) is 0.478. The number of nitrogens with zero attached hydrogens (tertiary/aromatic N) is 1. The number of pyridine rings is 1. The van der Waals surface area contributed by atoms with Gasteiger partial charge in [0.2, 0.25) is 5.43 Å². The molecule has 1 aromatic carbocycles. The van der Waals surface area contributed by atoms with Gasteiger partial charge in [-0.15, -0.1) is 0 Å². The van der Waals surface area contributed by atoms with Crippen LogP contribution in [0, 0.1) is 11.2 Å². The van der Waals surface area contributed by atoms with Gasteiger partial charge < -0.3 is 23.9 Å². The van der Waals surface area contributed by atoms with Gasteiger partial charge in [0.15, 0.2) is 17.3 Å². The maximum atomic E-state index is 15.8. The van der Waals surface area contributed by atoms with Crippen molar-refractivity contribution in [2.75, 3.05) is 27.4 Å². The fourth-order valence-electron chi connectivity index (χ4n) is 3.40. The number of carboxylic acids is 1. The first-order valence-electron chi connectivity index (χ1n) is 14.2. The largest absolute Gasteiger partial charge is 0.493 e. The first kappa shape index (κ1) is 12.9. The predicted molar refractivity (Wildman–Crippen MR) is 114 cm³/mol. The van der Waals surface area contributed by atoms with E-state index in [1.54, 1.807) is 0 Å². The number of ether oxygens (including phenoxy) is 3. The van der Waals surface area contributed by atoms with Gasteiger partial charge in [-0.3, -0.25) is 4.79 Å². The number of fused-ring (bicyclic) bond motifs is 3. The highest BCUT2D eigenvalue weighted by molar-refractivity contribution is 5.88. The highest BCUT2D eigenvalue weighted by atomic mass is 19.1. The third-order valence-electron chi connectivity index (χ3n) is 4.86. The molecule has 2 aromatic rings. The van der Waals surface area contributed by atoms with E-state index in [0.717, 1.165) is 0 Å². The second kappa shape index (κ2) is 8.70. The number of aromatic nitrogens is 1.